The van der Waals surface area contributed by atoms with Gasteiger partial charge >= 0.3 is 21.1 Å². The van der Waals surface area contributed by atoms with Gasteiger partial charge in [-0.05, 0) is 80.2 Å². The molecule has 0 bridgehead atoms. The molecular weight excluding hydrogens is 786 g/mol. The molecule has 0 atom stereocenters. The molecule has 0 aliphatic carbocycles. The number of nitrogens with zero attached hydrogens (tertiary/aromatic N) is 5. The van der Waals surface area contributed by atoms with Gasteiger partial charge in [-0.3, -0.25) is 4.68 Å². The number of aromatic nitrogens is 5. The Morgan fingerprint density at radius 2 is 1.35 bits per heavy atom. The SMILES string of the molecule is Cc1cc(C)c2c(c1)c1cc(C)cc(C)c1n2-c1ccnc(-n2c3[c-]c(Oc4[c-]c(-n5cccn5)ccc4)ccc3c3ccccc32)c1.[Pt+2]. The average molecular weight is 817 g/mol. The van der Waals surface area contributed by atoms with Gasteiger partial charge in [-0.25, -0.2) is 4.98 Å². The molecule has 0 unspecified atom stereocenters. The maximum Gasteiger partial charge on any atom is 2.00 e. The van der Waals surface area contributed by atoms with Crippen LogP contribution >= 0.6 is 0 Å². The van der Waals surface area contributed by atoms with E-state index < -0.39 is 0 Å². The van der Waals surface area contributed by atoms with Gasteiger partial charge in [0.2, 0.25) is 0 Å². The van der Waals surface area contributed by atoms with E-state index in [1.807, 2.05) is 42.7 Å². The van der Waals surface area contributed by atoms with E-state index in [9.17, 15) is 0 Å². The zero-order valence-electron chi connectivity index (χ0n) is 27.4. The first kappa shape index (κ1) is 30.9. The molecule has 0 N–H and O–H groups in total. The molecule has 0 aliphatic rings. The number of benzene rings is 5. The van der Waals surface area contributed by atoms with Gasteiger partial charge in [0.1, 0.15) is 5.82 Å². The molecule has 0 radical (unpaired) electrons. The van der Waals surface area contributed by atoms with Gasteiger partial charge in [0.25, 0.3) is 0 Å². The molecule has 7 heteroatoms. The minimum atomic E-state index is 0. The van der Waals surface area contributed by atoms with Crippen LogP contribution in [0.4, 0.5) is 0 Å². The van der Waals surface area contributed by atoms with Crippen LogP contribution in [0.2, 0.25) is 0 Å². The topological polar surface area (TPSA) is 49.8 Å². The predicted molar refractivity (Wildman–Crippen MR) is 193 cm³/mol. The van der Waals surface area contributed by atoms with E-state index in [0.717, 1.165) is 39.0 Å². The Morgan fingerprint density at radius 3 is 2.08 bits per heavy atom. The molecule has 4 aromatic heterocycles. The van der Waals surface area contributed by atoms with Gasteiger partial charge in [0.05, 0.1) is 16.7 Å². The number of pyridine rings is 1. The van der Waals surface area contributed by atoms with Crippen LogP contribution in [0.5, 0.6) is 11.5 Å². The molecule has 0 amide bonds. The fourth-order valence-electron chi connectivity index (χ4n) is 7.29. The summed E-state index contributed by atoms with van der Waals surface area (Å²) in [5.74, 6) is 1.99. The van der Waals surface area contributed by atoms with Crippen molar-refractivity contribution in [3.05, 3.63) is 150 Å². The van der Waals surface area contributed by atoms with Gasteiger partial charge in [0.15, 0.2) is 0 Å². The van der Waals surface area contributed by atoms with Gasteiger partial charge < -0.3 is 13.9 Å². The number of para-hydroxylation sites is 1. The summed E-state index contributed by atoms with van der Waals surface area (Å²) in [4.78, 5) is 4.95. The van der Waals surface area contributed by atoms with Gasteiger partial charge in [0, 0.05) is 52.4 Å². The summed E-state index contributed by atoms with van der Waals surface area (Å²) >= 11 is 0. The average Bonchev–Trinajstić information content (AvgIpc) is 3.81. The van der Waals surface area contributed by atoms with Crippen molar-refractivity contribution in [3.8, 4) is 28.7 Å². The van der Waals surface area contributed by atoms with E-state index in [1.165, 1.54) is 44.1 Å². The molecule has 49 heavy (non-hydrogen) atoms. The van der Waals surface area contributed by atoms with Crippen molar-refractivity contribution < 1.29 is 25.8 Å². The van der Waals surface area contributed by atoms with Crippen LogP contribution in [0.25, 0.3) is 60.8 Å². The van der Waals surface area contributed by atoms with E-state index >= 15 is 0 Å². The zero-order chi connectivity index (χ0) is 32.5. The molecule has 240 valence electrons. The molecule has 5 aromatic carbocycles. The van der Waals surface area contributed by atoms with Crippen LogP contribution < -0.4 is 4.74 Å². The molecule has 0 spiro atoms. The van der Waals surface area contributed by atoms with E-state index in [0.29, 0.717) is 11.5 Å². The van der Waals surface area contributed by atoms with Crippen molar-refractivity contribution >= 4 is 43.6 Å². The molecule has 9 rings (SSSR count). The number of ether oxygens (including phenoxy) is 1. The number of aryl methyl sites for hydroxylation is 4. The van der Waals surface area contributed by atoms with Crippen LogP contribution in [-0.4, -0.2) is 23.9 Å². The minimum absolute atomic E-state index is 0. The molecule has 0 fully saturated rings. The second-order valence-electron chi connectivity index (χ2n) is 12.6. The monoisotopic (exact) mass is 816 g/mol. The second-order valence-corrected chi connectivity index (χ2v) is 12.6. The quantitative estimate of drug-likeness (QED) is 0.163. The summed E-state index contributed by atoms with van der Waals surface area (Å²) in [6.45, 7) is 8.77. The first-order valence-corrected chi connectivity index (χ1v) is 16.1. The van der Waals surface area contributed by atoms with Crippen molar-refractivity contribution in [2.75, 3.05) is 0 Å². The fourth-order valence-corrected chi connectivity index (χ4v) is 7.29. The van der Waals surface area contributed by atoms with Gasteiger partial charge in [-0.2, -0.15) is 17.2 Å². The zero-order valence-corrected chi connectivity index (χ0v) is 29.7. The van der Waals surface area contributed by atoms with E-state index in [1.54, 1.807) is 10.9 Å². The Hall–Kier alpha value is -5.45. The molecule has 0 saturated heterocycles. The summed E-state index contributed by atoms with van der Waals surface area (Å²) < 4.78 is 12.7. The fraction of sp³-hybridized carbons (Fsp3) is 0.0952. The van der Waals surface area contributed by atoms with E-state index in [2.05, 4.69) is 121 Å². The Bertz CT molecular complexity index is 2640. The summed E-state index contributed by atoms with van der Waals surface area (Å²) in [6.07, 6.45) is 5.54. The van der Waals surface area contributed by atoms with Crippen LogP contribution in [0.15, 0.2) is 116 Å². The van der Waals surface area contributed by atoms with Gasteiger partial charge in [-0.1, -0.05) is 47.0 Å². The van der Waals surface area contributed by atoms with Crippen LogP contribution in [0.1, 0.15) is 22.3 Å². The Morgan fingerprint density at radius 1 is 0.612 bits per heavy atom. The van der Waals surface area contributed by atoms with E-state index in [-0.39, 0.29) is 21.1 Å². The summed E-state index contributed by atoms with van der Waals surface area (Å²) in [5.41, 5.74) is 11.3. The maximum atomic E-state index is 6.35. The predicted octanol–water partition coefficient (Wildman–Crippen LogP) is 10.1. The molecule has 0 saturated carbocycles. The van der Waals surface area contributed by atoms with Crippen molar-refractivity contribution in [3.63, 3.8) is 0 Å². The number of rotatable bonds is 5. The van der Waals surface area contributed by atoms with Crippen molar-refractivity contribution in [1.29, 1.82) is 0 Å². The number of hydrogen-bond donors (Lipinski definition) is 0. The molecular formula is C42H31N5OPt. The van der Waals surface area contributed by atoms with Crippen LogP contribution in [0.3, 0.4) is 0 Å². The largest absolute Gasteiger partial charge is 2.00 e. The van der Waals surface area contributed by atoms with Crippen molar-refractivity contribution in [1.82, 2.24) is 23.9 Å². The van der Waals surface area contributed by atoms with E-state index in [4.69, 9.17) is 9.72 Å². The number of fused-ring (bicyclic) bond motifs is 6. The smallest absolute Gasteiger partial charge is 0.509 e. The standard InChI is InChI=1S/C42H31N5O.Pt/c1-26-19-28(3)41-36(21-26)37-22-27(2)20-29(4)42(37)46(41)31-15-17-43-40(24-31)47-38-12-6-5-11-34(38)35-14-13-33(25-39(35)47)48-32-10-7-9-30(23-32)45-18-8-16-44-45;/h5-22,24H,1-4H3;/q-2;+2. The summed E-state index contributed by atoms with van der Waals surface area (Å²) in [5, 5.41) is 9.08. The van der Waals surface area contributed by atoms with Crippen molar-refractivity contribution in [2.24, 2.45) is 0 Å². The Kier molecular flexibility index (Phi) is 7.50. The molecule has 6 nitrogen and oxygen atoms in total. The summed E-state index contributed by atoms with van der Waals surface area (Å²) in [7, 11) is 0. The second kappa shape index (κ2) is 11.9. The Labute approximate surface area is 298 Å². The Balaban J connectivity index is 0.00000348. The van der Waals surface area contributed by atoms with Crippen LogP contribution in [-0.2, 0) is 21.1 Å². The third kappa shape index (κ3) is 5.06. The molecule has 0 aliphatic heterocycles. The summed E-state index contributed by atoms with van der Waals surface area (Å²) in [6, 6.07) is 40.5. The molecule has 9 aromatic rings. The normalized spacial score (nSPS) is 11.5. The first-order valence-electron chi connectivity index (χ1n) is 16.1. The van der Waals surface area contributed by atoms with Crippen molar-refractivity contribution in [2.45, 2.75) is 27.7 Å². The molecule has 4 heterocycles. The first-order chi connectivity index (χ1) is 23.4. The third-order valence-electron chi connectivity index (χ3n) is 9.12. The third-order valence-corrected chi connectivity index (χ3v) is 9.12. The number of hydrogen-bond acceptors (Lipinski definition) is 3. The minimum Gasteiger partial charge on any atom is -0.509 e. The van der Waals surface area contributed by atoms with Crippen LogP contribution in [0, 0.1) is 39.8 Å². The van der Waals surface area contributed by atoms with Gasteiger partial charge in [-0.15, -0.1) is 35.7 Å². The maximum absolute atomic E-state index is 6.35.